The molecule has 0 unspecified atom stereocenters. The lowest BCUT2D eigenvalue weighted by atomic mass is 10.1. The van der Waals surface area contributed by atoms with Gasteiger partial charge >= 0.3 is 0 Å². The molecule has 0 aliphatic carbocycles. The van der Waals surface area contributed by atoms with Gasteiger partial charge in [-0.3, -0.25) is 5.10 Å². The van der Waals surface area contributed by atoms with Crippen molar-refractivity contribution in [1.82, 2.24) is 20.3 Å². The molecule has 96 valence electrons. The van der Waals surface area contributed by atoms with E-state index in [2.05, 4.69) is 20.3 Å². The molecule has 1 aromatic carbocycles. The summed E-state index contributed by atoms with van der Waals surface area (Å²) in [7, 11) is 0. The molecule has 6 nitrogen and oxygen atoms in total. The number of aromatic amines is 1. The van der Waals surface area contributed by atoms with Crippen molar-refractivity contribution in [3.63, 3.8) is 0 Å². The van der Waals surface area contributed by atoms with Gasteiger partial charge in [0.2, 0.25) is 0 Å². The summed E-state index contributed by atoms with van der Waals surface area (Å²) in [5.41, 5.74) is 1.66. The lowest BCUT2D eigenvalue weighted by Gasteiger charge is -1.97. The van der Waals surface area contributed by atoms with Gasteiger partial charge in [0.15, 0.2) is 11.5 Å². The number of nitrogens with zero attached hydrogens (tertiary/aromatic N) is 3. The highest BCUT2D eigenvalue weighted by Crippen LogP contribution is 2.28. The molecule has 1 fully saturated rings. The zero-order valence-corrected chi connectivity index (χ0v) is 10.2. The molecule has 2 aromatic heterocycles. The van der Waals surface area contributed by atoms with Gasteiger partial charge in [-0.25, -0.2) is 0 Å². The van der Waals surface area contributed by atoms with Gasteiger partial charge in [0, 0.05) is 17.9 Å². The van der Waals surface area contributed by atoms with Crippen LogP contribution in [-0.4, -0.2) is 33.6 Å². The Morgan fingerprint density at radius 2 is 2.21 bits per heavy atom. The maximum absolute atomic E-state index is 5.34. The number of fused-ring (bicyclic) bond motifs is 1. The quantitative estimate of drug-likeness (QED) is 0.760. The van der Waals surface area contributed by atoms with Gasteiger partial charge in [-0.1, -0.05) is 23.4 Å². The topological polar surface area (TPSA) is 76.8 Å². The maximum atomic E-state index is 5.34. The Kier molecular flexibility index (Phi) is 2.34. The normalized spacial score (nSPS) is 19.3. The minimum atomic E-state index is 0.239. The first-order chi connectivity index (χ1) is 9.42. The van der Waals surface area contributed by atoms with Crippen molar-refractivity contribution in [3.8, 4) is 11.6 Å². The molecule has 1 atom stereocenters. The Balaban J connectivity index is 1.76. The van der Waals surface area contributed by atoms with E-state index in [4.69, 9.17) is 9.26 Å². The molecule has 1 N–H and O–H groups in total. The first-order valence-corrected chi connectivity index (χ1v) is 6.26. The standard InChI is InChI=1S/C13H12N4O2/c1-2-4-10-9(3-1)11(16-15-10)13-14-12(17-19-13)8-5-6-18-7-8/h1-4,8H,5-7H2,(H,15,16)/t8-/m0/s1. The first kappa shape index (κ1) is 10.7. The fourth-order valence-electron chi connectivity index (χ4n) is 2.36. The zero-order chi connectivity index (χ0) is 12.7. The average Bonchev–Trinajstić information content (AvgIpc) is 3.18. The molecule has 0 bridgehead atoms. The zero-order valence-electron chi connectivity index (χ0n) is 10.2. The van der Waals surface area contributed by atoms with Gasteiger partial charge in [0.05, 0.1) is 12.1 Å². The molecule has 0 radical (unpaired) electrons. The Bertz CT molecular complexity index is 712. The summed E-state index contributed by atoms with van der Waals surface area (Å²) in [4.78, 5) is 4.44. The number of para-hydroxylation sites is 1. The van der Waals surface area contributed by atoms with Crippen molar-refractivity contribution < 1.29 is 9.26 Å². The van der Waals surface area contributed by atoms with E-state index in [1.165, 1.54) is 0 Å². The predicted octanol–water partition coefficient (Wildman–Crippen LogP) is 2.12. The van der Waals surface area contributed by atoms with Gasteiger partial charge < -0.3 is 9.26 Å². The van der Waals surface area contributed by atoms with Crippen LogP contribution in [0.2, 0.25) is 0 Å². The van der Waals surface area contributed by atoms with E-state index in [0.717, 1.165) is 23.9 Å². The van der Waals surface area contributed by atoms with Crippen LogP contribution in [0, 0.1) is 0 Å². The molecular formula is C13H12N4O2. The van der Waals surface area contributed by atoms with Crippen LogP contribution in [0.1, 0.15) is 18.2 Å². The van der Waals surface area contributed by atoms with E-state index in [1.54, 1.807) is 0 Å². The van der Waals surface area contributed by atoms with Crippen molar-refractivity contribution >= 4 is 10.9 Å². The second kappa shape index (κ2) is 4.17. The highest BCUT2D eigenvalue weighted by molar-refractivity contribution is 5.90. The number of rotatable bonds is 2. The molecule has 0 spiro atoms. The van der Waals surface area contributed by atoms with Gasteiger partial charge in [-0.15, -0.1) is 0 Å². The number of nitrogens with one attached hydrogen (secondary N) is 1. The third-order valence-electron chi connectivity index (χ3n) is 3.41. The summed E-state index contributed by atoms with van der Waals surface area (Å²) >= 11 is 0. The Morgan fingerprint density at radius 1 is 1.26 bits per heavy atom. The lowest BCUT2D eigenvalue weighted by Crippen LogP contribution is -1.99. The molecule has 3 heterocycles. The van der Waals surface area contributed by atoms with E-state index < -0.39 is 0 Å². The summed E-state index contributed by atoms with van der Waals surface area (Å²) < 4.78 is 10.7. The minimum Gasteiger partial charge on any atom is -0.381 e. The lowest BCUT2D eigenvalue weighted by molar-refractivity contribution is 0.192. The molecule has 19 heavy (non-hydrogen) atoms. The number of hydrogen-bond donors (Lipinski definition) is 1. The van der Waals surface area contributed by atoms with E-state index in [1.807, 2.05) is 24.3 Å². The Labute approximate surface area is 108 Å². The monoisotopic (exact) mass is 256 g/mol. The van der Waals surface area contributed by atoms with Crippen LogP contribution in [0.15, 0.2) is 28.8 Å². The summed E-state index contributed by atoms with van der Waals surface area (Å²) in [5, 5.41) is 12.2. The third-order valence-corrected chi connectivity index (χ3v) is 3.41. The Hall–Kier alpha value is -2.21. The first-order valence-electron chi connectivity index (χ1n) is 6.26. The summed E-state index contributed by atoms with van der Waals surface area (Å²) in [6.45, 7) is 1.43. The van der Waals surface area contributed by atoms with Gasteiger partial charge in [-0.2, -0.15) is 10.1 Å². The van der Waals surface area contributed by atoms with Crippen LogP contribution < -0.4 is 0 Å². The molecule has 6 heteroatoms. The smallest absolute Gasteiger partial charge is 0.279 e. The molecular weight excluding hydrogens is 244 g/mol. The van der Waals surface area contributed by atoms with Crippen molar-refractivity contribution in [2.75, 3.05) is 13.2 Å². The predicted molar refractivity (Wildman–Crippen MR) is 67.6 cm³/mol. The number of aromatic nitrogens is 4. The number of hydrogen-bond acceptors (Lipinski definition) is 5. The summed E-state index contributed by atoms with van der Waals surface area (Å²) in [6, 6.07) is 7.87. The molecule has 4 rings (SSSR count). The van der Waals surface area contributed by atoms with Crippen LogP contribution in [0.25, 0.3) is 22.5 Å². The largest absolute Gasteiger partial charge is 0.381 e. The summed E-state index contributed by atoms with van der Waals surface area (Å²) in [6.07, 6.45) is 0.945. The third kappa shape index (κ3) is 1.72. The van der Waals surface area contributed by atoms with Crippen LogP contribution in [0.4, 0.5) is 0 Å². The number of H-pyrrole nitrogens is 1. The van der Waals surface area contributed by atoms with E-state index >= 15 is 0 Å². The maximum Gasteiger partial charge on any atom is 0.279 e. The summed E-state index contributed by atoms with van der Waals surface area (Å²) in [5.74, 6) is 1.40. The Morgan fingerprint density at radius 3 is 3.11 bits per heavy atom. The van der Waals surface area contributed by atoms with E-state index in [0.29, 0.717) is 24.0 Å². The van der Waals surface area contributed by atoms with Crippen LogP contribution in [0.5, 0.6) is 0 Å². The number of benzene rings is 1. The highest BCUT2D eigenvalue weighted by Gasteiger charge is 2.24. The van der Waals surface area contributed by atoms with Crippen molar-refractivity contribution in [3.05, 3.63) is 30.1 Å². The van der Waals surface area contributed by atoms with Crippen LogP contribution in [0.3, 0.4) is 0 Å². The van der Waals surface area contributed by atoms with Gasteiger partial charge in [-0.05, 0) is 12.5 Å². The second-order valence-electron chi connectivity index (χ2n) is 4.64. The van der Waals surface area contributed by atoms with Crippen molar-refractivity contribution in [1.29, 1.82) is 0 Å². The second-order valence-corrected chi connectivity index (χ2v) is 4.64. The van der Waals surface area contributed by atoms with Crippen molar-refractivity contribution in [2.24, 2.45) is 0 Å². The molecule has 0 amide bonds. The highest BCUT2D eigenvalue weighted by atomic mass is 16.5. The van der Waals surface area contributed by atoms with Gasteiger partial charge in [0.25, 0.3) is 5.89 Å². The van der Waals surface area contributed by atoms with E-state index in [-0.39, 0.29) is 5.92 Å². The minimum absolute atomic E-state index is 0.239. The fourth-order valence-corrected chi connectivity index (χ4v) is 2.36. The molecule has 0 saturated carbocycles. The van der Waals surface area contributed by atoms with Crippen LogP contribution in [-0.2, 0) is 4.74 Å². The van der Waals surface area contributed by atoms with Crippen LogP contribution >= 0.6 is 0 Å². The molecule has 1 aliphatic rings. The average molecular weight is 256 g/mol. The fraction of sp³-hybridized carbons (Fsp3) is 0.308. The van der Waals surface area contributed by atoms with Gasteiger partial charge in [0.1, 0.15) is 0 Å². The molecule has 1 saturated heterocycles. The van der Waals surface area contributed by atoms with Crippen molar-refractivity contribution in [2.45, 2.75) is 12.3 Å². The molecule has 3 aromatic rings. The number of ether oxygens (including phenoxy) is 1. The molecule has 1 aliphatic heterocycles. The SMILES string of the molecule is c1ccc2c(-c3nc([C@H]4CCOC4)no3)n[nH]c2c1. The van der Waals surface area contributed by atoms with E-state index in [9.17, 15) is 0 Å².